The molecule has 0 amide bonds. The van der Waals surface area contributed by atoms with Gasteiger partial charge in [0.1, 0.15) is 11.5 Å². The molecule has 0 bridgehead atoms. The molecule has 0 aliphatic carbocycles. The summed E-state index contributed by atoms with van der Waals surface area (Å²) >= 11 is 0. The second-order valence-electron chi connectivity index (χ2n) is 5.22. The lowest BCUT2D eigenvalue weighted by Crippen LogP contribution is -2.41. The van der Waals surface area contributed by atoms with Gasteiger partial charge >= 0.3 is 0 Å². The number of hydrogen-bond acceptors (Lipinski definition) is 3. The third kappa shape index (κ3) is 4.92. The third-order valence-electron chi connectivity index (χ3n) is 2.97. The van der Waals surface area contributed by atoms with Crippen LogP contribution in [-0.4, -0.2) is 31.6 Å². The summed E-state index contributed by atoms with van der Waals surface area (Å²) in [6, 6.07) is 4.63. The van der Waals surface area contributed by atoms with E-state index in [1.54, 1.807) is 0 Å². The highest BCUT2D eigenvalue weighted by molar-refractivity contribution is 5.06. The zero-order chi connectivity index (χ0) is 12.8. The molecule has 3 nitrogen and oxygen atoms in total. The lowest BCUT2D eigenvalue weighted by atomic mass is 10.0. The lowest BCUT2D eigenvalue weighted by molar-refractivity contribution is 0.281. The summed E-state index contributed by atoms with van der Waals surface area (Å²) in [4.78, 5) is 2.22. The number of aryl methyl sites for hydroxylation is 1. The highest BCUT2D eigenvalue weighted by Gasteiger charge is 2.14. The van der Waals surface area contributed by atoms with Crippen LogP contribution in [0.2, 0.25) is 0 Å². The van der Waals surface area contributed by atoms with Crippen molar-refractivity contribution in [3.8, 4) is 0 Å². The number of nitrogens with zero attached hydrogens (tertiary/aromatic N) is 1. The molecule has 0 fully saturated rings. The first-order valence-corrected chi connectivity index (χ1v) is 6.48. The van der Waals surface area contributed by atoms with E-state index in [0.717, 1.165) is 31.0 Å². The Morgan fingerprint density at radius 1 is 1.24 bits per heavy atom. The van der Waals surface area contributed by atoms with Crippen LogP contribution in [0.3, 0.4) is 0 Å². The van der Waals surface area contributed by atoms with Gasteiger partial charge in [-0.15, -0.1) is 0 Å². The summed E-state index contributed by atoms with van der Waals surface area (Å²) in [6.45, 7) is 8.48. The monoisotopic (exact) mass is 238 g/mol. The normalized spacial score (nSPS) is 13.6. The van der Waals surface area contributed by atoms with Gasteiger partial charge in [-0.05, 0) is 32.1 Å². The van der Waals surface area contributed by atoms with Gasteiger partial charge in [0, 0.05) is 19.0 Å². The molecule has 0 aliphatic heterocycles. The Morgan fingerprint density at radius 2 is 1.88 bits per heavy atom. The largest absolute Gasteiger partial charge is 0.465 e. The second-order valence-corrected chi connectivity index (χ2v) is 5.22. The fraction of sp³-hybridized carbons (Fsp3) is 0.714. The van der Waals surface area contributed by atoms with Crippen molar-refractivity contribution in [3.05, 3.63) is 23.7 Å². The Hall–Kier alpha value is -0.800. The Balaban J connectivity index is 2.45. The van der Waals surface area contributed by atoms with Gasteiger partial charge in [-0.25, -0.2) is 0 Å². The summed E-state index contributed by atoms with van der Waals surface area (Å²) in [5.41, 5.74) is 0. The van der Waals surface area contributed by atoms with Crippen molar-refractivity contribution in [2.45, 2.75) is 39.8 Å². The Kier molecular flexibility index (Phi) is 5.72. The van der Waals surface area contributed by atoms with Gasteiger partial charge in [0.05, 0.1) is 6.54 Å². The predicted molar refractivity (Wildman–Crippen MR) is 72.1 cm³/mol. The fourth-order valence-electron chi connectivity index (χ4n) is 1.84. The number of nitrogens with one attached hydrogen (secondary N) is 1. The molecule has 1 heterocycles. The van der Waals surface area contributed by atoms with E-state index >= 15 is 0 Å². The van der Waals surface area contributed by atoms with Crippen LogP contribution in [0, 0.1) is 5.92 Å². The van der Waals surface area contributed by atoms with E-state index in [1.165, 1.54) is 0 Å². The van der Waals surface area contributed by atoms with Gasteiger partial charge in [-0.1, -0.05) is 20.8 Å². The fourth-order valence-corrected chi connectivity index (χ4v) is 1.84. The van der Waals surface area contributed by atoms with Crippen LogP contribution in [0.5, 0.6) is 0 Å². The number of hydrogen-bond donors (Lipinski definition) is 1. The van der Waals surface area contributed by atoms with Crippen LogP contribution in [0.4, 0.5) is 0 Å². The van der Waals surface area contributed by atoms with Crippen LogP contribution in [0.1, 0.15) is 32.3 Å². The molecule has 0 saturated heterocycles. The Labute approximate surface area is 105 Å². The maximum Gasteiger partial charge on any atom is 0.117 e. The minimum Gasteiger partial charge on any atom is -0.465 e. The first-order chi connectivity index (χ1) is 8.02. The molecular formula is C14H26N2O. The van der Waals surface area contributed by atoms with Gasteiger partial charge < -0.3 is 14.6 Å². The van der Waals surface area contributed by atoms with Crippen LogP contribution >= 0.6 is 0 Å². The summed E-state index contributed by atoms with van der Waals surface area (Å²) in [5.74, 6) is 2.72. The average Bonchev–Trinajstić information content (AvgIpc) is 2.71. The number of rotatable bonds is 7. The van der Waals surface area contributed by atoms with Crippen LogP contribution in [-0.2, 0) is 13.0 Å². The summed E-state index contributed by atoms with van der Waals surface area (Å²) in [7, 11) is 4.22. The van der Waals surface area contributed by atoms with E-state index in [9.17, 15) is 0 Å². The van der Waals surface area contributed by atoms with Crippen molar-refractivity contribution >= 4 is 0 Å². The molecule has 0 aromatic carbocycles. The molecule has 17 heavy (non-hydrogen) atoms. The molecule has 1 aromatic heterocycles. The van der Waals surface area contributed by atoms with Crippen molar-refractivity contribution in [2.24, 2.45) is 5.92 Å². The molecule has 1 atom stereocenters. The molecule has 1 N–H and O–H groups in total. The van der Waals surface area contributed by atoms with E-state index in [1.807, 2.05) is 0 Å². The SMILES string of the molecule is CCc1ccc(CNC(CN(C)C)C(C)C)o1. The summed E-state index contributed by atoms with van der Waals surface area (Å²) in [5, 5.41) is 3.57. The molecule has 0 radical (unpaired) electrons. The average molecular weight is 238 g/mol. The smallest absolute Gasteiger partial charge is 0.117 e. The maximum absolute atomic E-state index is 5.69. The molecule has 0 spiro atoms. The van der Waals surface area contributed by atoms with E-state index in [2.05, 4.69) is 57.2 Å². The Morgan fingerprint density at radius 3 is 2.35 bits per heavy atom. The van der Waals surface area contributed by atoms with E-state index < -0.39 is 0 Å². The molecular weight excluding hydrogens is 212 g/mol. The van der Waals surface area contributed by atoms with Crippen molar-refractivity contribution in [3.63, 3.8) is 0 Å². The van der Waals surface area contributed by atoms with E-state index in [-0.39, 0.29) is 0 Å². The van der Waals surface area contributed by atoms with Crippen LogP contribution in [0.25, 0.3) is 0 Å². The van der Waals surface area contributed by atoms with Crippen molar-refractivity contribution in [1.29, 1.82) is 0 Å². The highest BCUT2D eigenvalue weighted by Crippen LogP contribution is 2.10. The number of likely N-dealkylation sites (N-methyl/N-ethyl adjacent to an activating group) is 1. The molecule has 0 saturated carbocycles. The molecule has 1 unspecified atom stereocenters. The second kappa shape index (κ2) is 6.82. The summed E-state index contributed by atoms with van der Waals surface area (Å²) < 4.78 is 5.69. The molecule has 1 rings (SSSR count). The van der Waals surface area contributed by atoms with Crippen LogP contribution < -0.4 is 5.32 Å². The Bertz CT molecular complexity index is 318. The van der Waals surface area contributed by atoms with Gasteiger partial charge in [-0.3, -0.25) is 0 Å². The van der Waals surface area contributed by atoms with Gasteiger partial charge in [0.15, 0.2) is 0 Å². The first kappa shape index (κ1) is 14.3. The number of furan rings is 1. The van der Waals surface area contributed by atoms with Gasteiger partial charge in [0.25, 0.3) is 0 Å². The van der Waals surface area contributed by atoms with Crippen molar-refractivity contribution in [2.75, 3.05) is 20.6 Å². The zero-order valence-electron chi connectivity index (χ0n) is 11.8. The molecule has 1 aromatic rings. The standard InChI is InChI=1S/C14H26N2O/c1-6-12-7-8-13(17-12)9-15-14(11(2)3)10-16(4)5/h7-8,11,14-15H,6,9-10H2,1-5H3. The molecule has 98 valence electrons. The quantitative estimate of drug-likeness (QED) is 0.791. The lowest BCUT2D eigenvalue weighted by Gasteiger charge is -2.25. The zero-order valence-corrected chi connectivity index (χ0v) is 11.8. The highest BCUT2D eigenvalue weighted by atomic mass is 16.3. The van der Waals surface area contributed by atoms with E-state index in [4.69, 9.17) is 4.42 Å². The first-order valence-electron chi connectivity index (χ1n) is 6.48. The van der Waals surface area contributed by atoms with Gasteiger partial charge in [0.2, 0.25) is 0 Å². The molecule has 0 aliphatic rings. The minimum absolute atomic E-state index is 0.500. The maximum atomic E-state index is 5.69. The minimum atomic E-state index is 0.500. The van der Waals surface area contributed by atoms with E-state index in [0.29, 0.717) is 12.0 Å². The topological polar surface area (TPSA) is 28.4 Å². The van der Waals surface area contributed by atoms with Crippen molar-refractivity contribution in [1.82, 2.24) is 10.2 Å². The summed E-state index contributed by atoms with van der Waals surface area (Å²) in [6.07, 6.45) is 0.964. The predicted octanol–water partition coefficient (Wildman–Crippen LogP) is 2.52. The van der Waals surface area contributed by atoms with Crippen LogP contribution in [0.15, 0.2) is 16.5 Å². The molecule has 3 heteroatoms. The van der Waals surface area contributed by atoms with Crippen molar-refractivity contribution < 1.29 is 4.42 Å². The third-order valence-corrected chi connectivity index (χ3v) is 2.97. The van der Waals surface area contributed by atoms with Gasteiger partial charge in [-0.2, -0.15) is 0 Å².